The van der Waals surface area contributed by atoms with E-state index in [1.807, 2.05) is 27.7 Å². The Morgan fingerprint density at radius 1 is 0.814 bits per heavy atom. The van der Waals surface area contributed by atoms with Gasteiger partial charge in [0.05, 0.1) is 6.04 Å². The van der Waals surface area contributed by atoms with Gasteiger partial charge in [0.25, 0.3) is 0 Å². The zero-order valence-corrected chi connectivity index (χ0v) is 26.7. The van der Waals surface area contributed by atoms with Gasteiger partial charge in [0.15, 0.2) is 5.96 Å². The highest BCUT2D eigenvalue weighted by Gasteiger charge is 2.31. The number of thiol groups is 1. The molecule has 0 fully saturated rings. The lowest BCUT2D eigenvalue weighted by Crippen LogP contribution is -2.59. The molecule has 0 bridgehead atoms. The van der Waals surface area contributed by atoms with Crippen molar-refractivity contribution in [3.63, 3.8) is 0 Å². The number of amides is 4. The Hall–Kier alpha value is -3.11. The first-order valence-corrected chi connectivity index (χ1v) is 15.4. The maximum Gasteiger partial charge on any atom is 0.326 e. The van der Waals surface area contributed by atoms with E-state index in [0.717, 1.165) is 0 Å². The van der Waals surface area contributed by atoms with Gasteiger partial charge < -0.3 is 48.9 Å². The third kappa shape index (κ3) is 16.4. The van der Waals surface area contributed by atoms with E-state index in [2.05, 4.69) is 39.2 Å². The standard InChI is InChI=1S/C27H53N9O6S/c1-5-16(4)21(29)25(40)34-17(9-6-7-11-28)22(37)33-18(10-8-12-32-27(30)31)23(38)36-20(14-43)24(39)35-19(26(41)42)13-15(2)3/h15-21,43H,5-14,28-29H2,1-4H3,(H,33,37)(H,34,40)(H,35,39)(H,36,38)(H,41,42)(H4,30,31,32)/t16-,17-,18-,19-,20-,21-/m0/s1. The number of carboxylic acids is 1. The molecule has 0 heterocycles. The summed E-state index contributed by atoms with van der Waals surface area (Å²) in [4.78, 5) is 64.0. The van der Waals surface area contributed by atoms with Crippen molar-refractivity contribution in [1.82, 2.24) is 26.6 Å². The molecule has 0 aromatic rings. The maximum atomic E-state index is 13.4. The minimum Gasteiger partial charge on any atom is -0.480 e. The van der Waals surface area contributed by atoms with Gasteiger partial charge >= 0.3 is 5.97 Å². The number of carbonyl (C=O) groups is 5. The molecule has 0 aliphatic carbocycles. The van der Waals surface area contributed by atoms with Crippen LogP contribution in [0.2, 0.25) is 0 Å². The molecule has 13 N–H and O–H groups in total. The summed E-state index contributed by atoms with van der Waals surface area (Å²) in [6.45, 7) is 8.00. The number of carbonyl (C=O) groups excluding carboxylic acids is 4. The lowest BCUT2D eigenvalue weighted by Gasteiger charge is -2.27. The molecule has 4 amide bonds. The highest BCUT2D eigenvalue weighted by molar-refractivity contribution is 7.80. The summed E-state index contributed by atoms with van der Waals surface area (Å²) >= 11 is 4.15. The Balaban J connectivity index is 5.84. The van der Waals surface area contributed by atoms with Gasteiger partial charge in [0.1, 0.15) is 24.2 Å². The molecule has 0 aromatic heterocycles. The van der Waals surface area contributed by atoms with Crippen molar-refractivity contribution < 1.29 is 29.1 Å². The largest absolute Gasteiger partial charge is 0.480 e. The number of nitrogens with two attached hydrogens (primary N) is 3. The first-order chi connectivity index (χ1) is 20.2. The summed E-state index contributed by atoms with van der Waals surface area (Å²) in [5.74, 6) is -4.26. The van der Waals surface area contributed by atoms with Crippen LogP contribution in [0.5, 0.6) is 0 Å². The molecule has 0 saturated carbocycles. The van der Waals surface area contributed by atoms with Crippen LogP contribution in [0.4, 0.5) is 0 Å². The fourth-order valence-corrected chi connectivity index (χ4v) is 4.30. The molecular weight excluding hydrogens is 578 g/mol. The Labute approximate surface area is 259 Å². The van der Waals surface area contributed by atoms with Crippen LogP contribution < -0.4 is 43.8 Å². The molecular formula is C27H53N9O6S. The predicted molar refractivity (Wildman–Crippen MR) is 168 cm³/mol. The summed E-state index contributed by atoms with van der Waals surface area (Å²) in [6.07, 6.45) is 2.68. The fourth-order valence-electron chi connectivity index (χ4n) is 4.04. The molecule has 0 unspecified atom stereocenters. The molecule has 43 heavy (non-hydrogen) atoms. The van der Waals surface area contributed by atoms with E-state index in [9.17, 15) is 29.1 Å². The number of hydrogen-bond donors (Lipinski definition) is 11. The van der Waals surface area contributed by atoms with Crippen molar-refractivity contribution in [1.29, 1.82) is 5.41 Å². The van der Waals surface area contributed by atoms with E-state index >= 15 is 0 Å². The van der Waals surface area contributed by atoms with Crippen molar-refractivity contribution in [2.24, 2.45) is 29.0 Å². The van der Waals surface area contributed by atoms with Crippen LogP contribution >= 0.6 is 12.6 Å². The first kappa shape index (κ1) is 39.9. The third-order valence-electron chi connectivity index (χ3n) is 6.89. The van der Waals surface area contributed by atoms with Crippen LogP contribution in [-0.2, 0) is 24.0 Å². The second-order valence-electron chi connectivity index (χ2n) is 11.1. The maximum absolute atomic E-state index is 13.4. The number of hydrogen-bond acceptors (Lipinski definition) is 9. The summed E-state index contributed by atoms with van der Waals surface area (Å²) in [7, 11) is 0. The van der Waals surface area contributed by atoms with Gasteiger partial charge in [-0.1, -0.05) is 34.1 Å². The van der Waals surface area contributed by atoms with Crippen LogP contribution in [0.1, 0.15) is 72.6 Å². The minimum atomic E-state index is -1.20. The molecule has 0 aliphatic rings. The quantitative estimate of drug-likeness (QED) is 0.0292. The molecule has 15 nitrogen and oxygen atoms in total. The van der Waals surface area contributed by atoms with Gasteiger partial charge in [-0.2, -0.15) is 12.6 Å². The average molecular weight is 632 g/mol. The normalized spacial score (nSPS) is 15.3. The summed E-state index contributed by atoms with van der Waals surface area (Å²) in [6, 6.07) is -5.30. The molecule has 0 aliphatic heterocycles. The van der Waals surface area contributed by atoms with Crippen molar-refractivity contribution in [2.45, 2.75) is 103 Å². The second kappa shape index (κ2) is 21.6. The Bertz CT molecular complexity index is 923. The molecule has 0 spiro atoms. The van der Waals surface area contributed by atoms with Gasteiger partial charge in [-0.25, -0.2) is 4.79 Å². The van der Waals surface area contributed by atoms with Crippen LogP contribution in [0, 0.1) is 17.2 Å². The van der Waals surface area contributed by atoms with E-state index < -0.39 is 59.8 Å². The molecule has 0 aromatic carbocycles. The van der Waals surface area contributed by atoms with E-state index in [1.165, 1.54) is 0 Å². The SMILES string of the molecule is CC[C@H](C)[C@H](N)C(=O)N[C@@H](CCCCN)C(=O)N[C@@H](CCCNC(=N)N)C(=O)N[C@@H](CS)C(=O)N[C@@H](CC(C)C)C(=O)O. The average Bonchev–Trinajstić information content (AvgIpc) is 2.94. The number of nitrogens with one attached hydrogen (secondary N) is 6. The summed E-state index contributed by atoms with van der Waals surface area (Å²) < 4.78 is 0. The highest BCUT2D eigenvalue weighted by atomic mass is 32.1. The smallest absolute Gasteiger partial charge is 0.326 e. The van der Waals surface area contributed by atoms with E-state index in [1.54, 1.807) is 0 Å². The van der Waals surface area contributed by atoms with Crippen molar-refractivity contribution in [3.8, 4) is 0 Å². The Kier molecular flexibility index (Phi) is 20.0. The number of guanidine groups is 1. The van der Waals surface area contributed by atoms with Crippen molar-refractivity contribution in [2.75, 3.05) is 18.8 Å². The number of aliphatic carboxylic acids is 1. The lowest BCUT2D eigenvalue weighted by atomic mass is 9.98. The van der Waals surface area contributed by atoms with E-state index in [-0.39, 0.29) is 49.4 Å². The van der Waals surface area contributed by atoms with Gasteiger partial charge in [-0.05, 0) is 56.9 Å². The first-order valence-electron chi connectivity index (χ1n) is 14.8. The number of unbranched alkanes of at least 4 members (excludes halogenated alkanes) is 1. The topological polar surface area (TPSA) is 268 Å². The third-order valence-corrected chi connectivity index (χ3v) is 7.26. The molecule has 0 saturated heterocycles. The summed E-state index contributed by atoms with van der Waals surface area (Å²) in [5, 5.41) is 29.8. The van der Waals surface area contributed by atoms with Gasteiger partial charge in [-0.15, -0.1) is 0 Å². The Morgan fingerprint density at radius 3 is 1.77 bits per heavy atom. The monoisotopic (exact) mass is 631 g/mol. The number of carboxylic acid groups (broad SMARTS) is 1. The summed E-state index contributed by atoms with van der Waals surface area (Å²) in [5.41, 5.74) is 17.0. The van der Waals surface area contributed by atoms with Gasteiger partial charge in [0, 0.05) is 12.3 Å². The molecule has 248 valence electrons. The zero-order valence-electron chi connectivity index (χ0n) is 25.8. The van der Waals surface area contributed by atoms with Crippen LogP contribution in [0.25, 0.3) is 0 Å². The predicted octanol–water partition coefficient (Wildman–Crippen LogP) is -1.25. The number of rotatable bonds is 22. The van der Waals surface area contributed by atoms with E-state index in [4.69, 9.17) is 22.6 Å². The van der Waals surface area contributed by atoms with Crippen molar-refractivity contribution >= 4 is 48.2 Å². The van der Waals surface area contributed by atoms with Gasteiger partial charge in [0.2, 0.25) is 23.6 Å². The Morgan fingerprint density at radius 2 is 1.30 bits per heavy atom. The fraction of sp³-hybridized carbons (Fsp3) is 0.778. The van der Waals surface area contributed by atoms with Crippen LogP contribution in [0.15, 0.2) is 0 Å². The highest BCUT2D eigenvalue weighted by Crippen LogP contribution is 2.09. The molecule has 0 rings (SSSR count). The zero-order chi connectivity index (χ0) is 33.1. The molecule has 6 atom stereocenters. The van der Waals surface area contributed by atoms with Crippen LogP contribution in [-0.4, -0.2) is 89.7 Å². The van der Waals surface area contributed by atoms with Crippen molar-refractivity contribution in [3.05, 3.63) is 0 Å². The molecule has 16 heteroatoms. The molecule has 0 radical (unpaired) electrons. The van der Waals surface area contributed by atoms with Crippen LogP contribution in [0.3, 0.4) is 0 Å². The lowest BCUT2D eigenvalue weighted by molar-refractivity contribution is -0.142. The minimum absolute atomic E-state index is 0.00771. The van der Waals surface area contributed by atoms with Gasteiger partial charge in [-0.3, -0.25) is 24.6 Å². The second-order valence-corrected chi connectivity index (χ2v) is 11.4. The van der Waals surface area contributed by atoms with E-state index in [0.29, 0.717) is 32.2 Å².